The summed E-state index contributed by atoms with van der Waals surface area (Å²) in [5.74, 6) is 0.638. The number of nitrogens with two attached hydrogens (primary N) is 1. The smallest absolute Gasteiger partial charge is 0.220 e. The van der Waals surface area contributed by atoms with Gasteiger partial charge in [0.05, 0.1) is 0 Å². The first-order chi connectivity index (χ1) is 9.58. The number of anilines is 1. The summed E-state index contributed by atoms with van der Waals surface area (Å²) in [5.41, 5.74) is 7.54. The first-order valence-electron chi connectivity index (χ1n) is 7.27. The number of carbonyl (C=O) groups excluding carboxylic acids is 1. The summed E-state index contributed by atoms with van der Waals surface area (Å²) in [5, 5.41) is 2.91. The van der Waals surface area contributed by atoms with E-state index in [1.165, 1.54) is 0 Å². The number of rotatable bonds is 9. The van der Waals surface area contributed by atoms with Crippen molar-refractivity contribution in [1.82, 2.24) is 5.32 Å². The van der Waals surface area contributed by atoms with Crippen LogP contribution < -0.4 is 11.1 Å². The van der Waals surface area contributed by atoms with Gasteiger partial charge in [0.25, 0.3) is 0 Å². The molecular weight excluding hydrogens is 252 g/mol. The maximum Gasteiger partial charge on any atom is 0.220 e. The summed E-state index contributed by atoms with van der Waals surface area (Å²) in [6.07, 6.45) is 2.08. The number of amides is 1. The first-order valence-corrected chi connectivity index (χ1v) is 7.27. The number of benzene rings is 1. The minimum atomic E-state index is 0.0799. The van der Waals surface area contributed by atoms with Gasteiger partial charge in [0.1, 0.15) is 0 Å². The van der Waals surface area contributed by atoms with Crippen LogP contribution in [0, 0.1) is 5.92 Å². The SMILES string of the molecule is CC(C)COCCCNC(=O)CCc1cccc(N)c1. The number of nitrogen functional groups attached to an aromatic ring is 1. The van der Waals surface area contributed by atoms with E-state index in [9.17, 15) is 4.79 Å². The Hall–Kier alpha value is -1.55. The Balaban J connectivity index is 2.06. The lowest BCUT2D eigenvalue weighted by molar-refractivity contribution is -0.121. The van der Waals surface area contributed by atoms with Gasteiger partial charge in [-0.3, -0.25) is 4.79 Å². The molecule has 0 bridgehead atoms. The van der Waals surface area contributed by atoms with Gasteiger partial charge < -0.3 is 15.8 Å². The molecule has 0 atom stereocenters. The van der Waals surface area contributed by atoms with Gasteiger partial charge in [-0.25, -0.2) is 0 Å². The van der Waals surface area contributed by atoms with E-state index in [2.05, 4.69) is 19.2 Å². The van der Waals surface area contributed by atoms with E-state index in [0.717, 1.165) is 30.7 Å². The fourth-order valence-corrected chi connectivity index (χ4v) is 1.82. The van der Waals surface area contributed by atoms with Gasteiger partial charge in [-0.1, -0.05) is 26.0 Å². The number of nitrogens with one attached hydrogen (secondary N) is 1. The zero-order chi connectivity index (χ0) is 14.8. The van der Waals surface area contributed by atoms with Gasteiger partial charge in [-0.05, 0) is 36.5 Å². The van der Waals surface area contributed by atoms with Crippen molar-refractivity contribution in [2.45, 2.75) is 33.1 Å². The molecule has 0 heterocycles. The topological polar surface area (TPSA) is 64.3 Å². The lowest BCUT2D eigenvalue weighted by Crippen LogP contribution is -2.25. The molecule has 4 heteroatoms. The molecule has 1 aromatic rings. The fraction of sp³-hybridized carbons (Fsp3) is 0.562. The molecule has 0 aliphatic carbocycles. The van der Waals surface area contributed by atoms with Crippen molar-refractivity contribution in [2.24, 2.45) is 5.92 Å². The van der Waals surface area contributed by atoms with Crippen LogP contribution in [0.1, 0.15) is 32.3 Å². The van der Waals surface area contributed by atoms with Crippen LogP contribution in [0.5, 0.6) is 0 Å². The van der Waals surface area contributed by atoms with E-state index < -0.39 is 0 Å². The molecule has 0 fully saturated rings. The molecular formula is C16H26N2O2. The zero-order valence-corrected chi connectivity index (χ0v) is 12.5. The number of aryl methyl sites for hydroxylation is 1. The second-order valence-corrected chi connectivity index (χ2v) is 5.42. The van der Waals surface area contributed by atoms with Crippen molar-refractivity contribution in [2.75, 3.05) is 25.5 Å². The third kappa shape index (κ3) is 7.79. The Morgan fingerprint density at radius 2 is 2.20 bits per heavy atom. The van der Waals surface area contributed by atoms with Crippen molar-refractivity contribution >= 4 is 11.6 Å². The van der Waals surface area contributed by atoms with Gasteiger partial charge in [-0.2, -0.15) is 0 Å². The first kappa shape index (κ1) is 16.5. The minimum Gasteiger partial charge on any atom is -0.399 e. The van der Waals surface area contributed by atoms with E-state index in [1.54, 1.807) is 0 Å². The molecule has 1 rings (SSSR count). The molecule has 0 radical (unpaired) electrons. The summed E-state index contributed by atoms with van der Waals surface area (Å²) in [7, 11) is 0. The van der Waals surface area contributed by atoms with Crippen LogP contribution in [0.15, 0.2) is 24.3 Å². The molecule has 0 aromatic heterocycles. The van der Waals surface area contributed by atoms with Crippen LogP contribution in [0.4, 0.5) is 5.69 Å². The fourth-order valence-electron chi connectivity index (χ4n) is 1.82. The van der Waals surface area contributed by atoms with E-state index in [4.69, 9.17) is 10.5 Å². The van der Waals surface area contributed by atoms with E-state index in [1.807, 2.05) is 24.3 Å². The Labute approximate surface area is 121 Å². The van der Waals surface area contributed by atoms with Crippen molar-refractivity contribution in [3.05, 3.63) is 29.8 Å². The lowest BCUT2D eigenvalue weighted by Gasteiger charge is -2.08. The summed E-state index contributed by atoms with van der Waals surface area (Å²) >= 11 is 0. The maximum absolute atomic E-state index is 11.7. The average Bonchev–Trinajstić information content (AvgIpc) is 2.40. The predicted octanol–water partition coefficient (Wildman–Crippen LogP) is 2.38. The number of ether oxygens (including phenoxy) is 1. The Morgan fingerprint density at radius 3 is 2.90 bits per heavy atom. The Morgan fingerprint density at radius 1 is 1.40 bits per heavy atom. The standard InChI is InChI=1S/C16H26N2O2/c1-13(2)12-20-10-4-9-18-16(19)8-7-14-5-3-6-15(17)11-14/h3,5-6,11,13H,4,7-10,12,17H2,1-2H3,(H,18,19). The Kier molecular flexibility index (Phi) is 7.73. The van der Waals surface area contributed by atoms with Crippen LogP contribution in [-0.4, -0.2) is 25.7 Å². The second kappa shape index (κ2) is 9.37. The van der Waals surface area contributed by atoms with Crippen LogP contribution in [0.2, 0.25) is 0 Å². The van der Waals surface area contributed by atoms with Crippen molar-refractivity contribution < 1.29 is 9.53 Å². The summed E-state index contributed by atoms with van der Waals surface area (Å²) < 4.78 is 5.45. The summed E-state index contributed by atoms with van der Waals surface area (Å²) in [4.78, 5) is 11.7. The highest BCUT2D eigenvalue weighted by atomic mass is 16.5. The molecule has 0 saturated heterocycles. The molecule has 3 N–H and O–H groups in total. The van der Waals surface area contributed by atoms with Crippen molar-refractivity contribution in [3.8, 4) is 0 Å². The van der Waals surface area contributed by atoms with E-state index in [0.29, 0.717) is 25.5 Å². The molecule has 4 nitrogen and oxygen atoms in total. The normalized spacial score (nSPS) is 10.8. The average molecular weight is 278 g/mol. The summed E-state index contributed by atoms with van der Waals surface area (Å²) in [6, 6.07) is 7.66. The third-order valence-corrected chi connectivity index (χ3v) is 2.83. The van der Waals surface area contributed by atoms with Crippen LogP contribution in [-0.2, 0) is 16.0 Å². The number of carbonyl (C=O) groups is 1. The molecule has 20 heavy (non-hydrogen) atoms. The highest BCUT2D eigenvalue weighted by molar-refractivity contribution is 5.76. The van der Waals surface area contributed by atoms with Gasteiger partial charge in [0.15, 0.2) is 0 Å². The van der Waals surface area contributed by atoms with Gasteiger partial charge in [0.2, 0.25) is 5.91 Å². The maximum atomic E-state index is 11.7. The second-order valence-electron chi connectivity index (χ2n) is 5.42. The highest BCUT2D eigenvalue weighted by Gasteiger charge is 2.02. The van der Waals surface area contributed by atoms with Crippen LogP contribution >= 0.6 is 0 Å². The minimum absolute atomic E-state index is 0.0799. The number of hydrogen-bond donors (Lipinski definition) is 2. The third-order valence-electron chi connectivity index (χ3n) is 2.83. The summed E-state index contributed by atoms with van der Waals surface area (Å²) in [6.45, 7) is 6.40. The van der Waals surface area contributed by atoms with Crippen LogP contribution in [0.25, 0.3) is 0 Å². The highest BCUT2D eigenvalue weighted by Crippen LogP contribution is 2.08. The quantitative estimate of drug-likeness (QED) is 0.538. The van der Waals surface area contributed by atoms with Crippen molar-refractivity contribution in [1.29, 1.82) is 0 Å². The molecule has 0 aliphatic rings. The predicted molar refractivity (Wildman–Crippen MR) is 82.5 cm³/mol. The lowest BCUT2D eigenvalue weighted by atomic mass is 10.1. The van der Waals surface area contributed by atoms with Crippen molar-refractivity contribution in [3.63, 3.8) is 0 Å². The van der Waals surface area contributed by atoms with Gasteiger partial charge >= 0.3 is 0 Å². The van der Waals surface area contributed by atoms with E-state index >= 15 is 0 Å². The molecule has 1 amide bonds. The monoisotopic (exact) mass is 278 g/mol. The van der Waals surface area contributed by atoms with Gasteiger partial charge in [-0.15, -0.1) is 0 Å². The zero-order valence-electron chi connectivity index (χ0n) is 12.5. The van der Waals surface area contributed by atoms with Crippen LogP contribution in [0.3, 0.4) is 0 Å². The van der Waals surface area contributed by atoms with Gasteiger partial charge in [0, 0.05) is 31.9 Å². The molecule has 0 aliphatic heterocycles. The number of hydrogen-bond acceptors (Lipinski definition) is 3. The molecule has 1 aromatic carbocycles. The Bertz CT molecular complexity index is 405. The van der Waals surface area contributed by atoms with E-state index in [-0.39, 0.29) is 5.91 Å². The molecule has 112 valence electrons. The largest absolute Gasteiger partial charge is 0.399 e. The molecule has 0 unspecified atom stereocenters. The molecule has 0 spiro atoms. The molecule has 0 saturated carbocycles.